The minimum absolute atomic E-state index is 0.0793. The summed E-state index contributed by atoms with van der Waals surface area (Å²) in [7, 11) is 0. The zero-order chi connectivity index (χ0) is 11.8. The molecule has 0 heterocycles. The van der Waals surface area contributed by atoms with Crippen molar-refractivity contribution in [1.29, 1.82) is 0 Å². The van der Waals surface area contributed by atoms with E-state index in [1.54, 1.807) is 0 Å². The molecule has 0 saturated heterocycles. The Morgan fingerprint density at radius 3 is 2.31 bits per heavy atom. The summed E-state index contributed by atoms with van der Waals surface area (Å²) in [5.41, 5.74) is 2.55. The zero-order valence-corrected chi connectivity index (χ0v) is 10.4. The van der Waals surface area contributed by atoms with E-state index in [2.05, 4.69) is 43.4 Å². The van der Waals surface area contributed by atoms with Crippen molar-refractivity contribution >= 4 is 0 Å². The molecule has 1 rings (SSSR count). The van der Waals surface area contributed by atoms with Gasteiger partial charge in [-0.1, -0.05) is 44.5 Å². The first-order valence-electron chi connectivity index (χ1n) is 6.24. The summed E-state index contributed by atoms with van der Waals surface area (Å²) in [5, 5.41) is 12.7. The standard InChI is InChI=1S/C14H23NO/c1-3-5-12-6-8-13(9-7-12)14(11-16)15-10-4-2/h6-9,14-16H,3-5,10-11H2,1-2H3. The Labute approximate surface area is 98.7 Å². The third-order valence-electron chi connectivity index (χ3n) is 2.74. The van der Waals surface area contributed by atoms with Crippen molar-refractivity contribution in [2.45, 2.75) is 39.2 Å². The van der Waals surface area contributed by atoms with Crippen LogP contribution in [0.3, 0.4) is 0 Å². The highest BCUT2D eigenvalue weighted by molar-refractivity contribution is 5.25. The third kappa shape index (κ3) is 3.95. The molecule has 0 spiro atoms. The van der Waals surface area contributed by atoms with Crippen LogP contribution in [0, 0.1) is 0 Å². The van der Waals surface area contributed by atoms with Crippen molar-refractivity contribution in [3.05, 3.63) is 35.4 Å². The molecular formula is C14H23NO. The Balaban J connectivity index is 2.62. The summed E-state index contributed by atoms with van der Waals surface area (Å²) >= 11 is 0. The lowest BCUT2D eigenvalue weighted by atomic mass is 10.0. The van der Waals surface area contributed by atoms with E-state index in [1.807, 2.05) is 0 Å². The van der Waals surface area contributed by atoms with Gasteiger partial charge in [0.1, 0.15) is 0 Å². The van der Waals surface area contributed by atoms with Crippen molar-refractivity contribution in [3.8, 4) is 0 Å². The molecule has 0 fully saturated rings. The fraction of sp³-hybridized carbons (Fsp3) is 0.571. The first-order valence-corrected chi connectivity index (χ1v) is 6.24. The van der Waals surface area contributed by atoms with E-state index in [4.69, 9.17) is 0 Å². The van der Waals surface area contributed by atoms with Gasteiger partial charge in [-0.15, -0.1) is 0 Å². The van der Waals surface area contributed by atoms with Crippen LogP contribution in [-0.4, -0.2) is 18.3 Å². The number of rotatable bonds is 7. The van der Waals surface area contributed by atoms with Gasteiger partial charge in [-0.3, -0.25) is 0 Å². The molecule has 0 saturated carbocycles. The van der Waals surface area contributed by atoms with E-state index in [9.17, 15) is 5.11 Å². The average molecular weight is 221 g/mol. The van der Waals surface area contributed by atoms with E-state index in [-0.39, 0.29) is 12.6 Å². The maximum absolute atomic E-state index is 9.32. The van der Waals surface area contributed by atoms with E-state index in [1.165, 1.54) is 17.5 Å². The number of nitrogens with one attached hydrogen (secondary N) is 1. The van der Waals surface area contributed by atoms with Crippen LogP contribution in [0.5, 0.6) is 0 Å². The van der Waals surface area contributed by atoms with Crippen molar-refractivity contribution in [1.82, 2.24) is 5.32 Å². The Morgan fingerprint density at radius 2 is 1.81 bits per heavy atom. The SMILES string of the molecule is CCCNC(CO)c1ccc(CCC)cc1. The normalized spacial score (nSPS) is 12.7. The topological polar surface area (TPSA) is 32.3 Å². The highest BCUT2D eigenvalue weighted by atomic mass is 16.3. The van der Waals surface area contributed by atoms with Gasteiger partial charge < -0.3 is 10.4 Å². The van der Waals surface area contributed by atoms with Gasteiger partial charge in [0.05, 0.1) is 12.6 Å². The maximum Gasteiger partial charge on any atom is 0.0626 e. The lowest BCUT2D eigenvalue weighted by Crippen LogP contribution is -2.25. The summed E-state index contributed by atoms with van der Waals surface area (Å²) in [6.45, 7) is 5.42. The van der Waals surface area contributed by atoms with Gasteiger partial charge in [-0.25, -0.2) is 0 Å². The van der Waals surface area contributed by atoms with Gasteiger partial charge in [0.2, 0.25) is 0 Å². The average Bonchev–Trinajstić information content (AvgIpc) is 2.32. The number of hydrogen-bond acceptors (Lipinski definition) is 2. The predicted octanol–water partition coefficient (Wildman–Crippen LogP) is 2.67. The van der Waals surface area contributed by atoms with Crippen LogP contribution in [-0.2, 0) is 6.42 Å². The third-order valence-corrected chi connectivity index (χ3v) is 2.74. The van der Waals surface area contributed by atoms with Crippen molar-refractivity contribution in [3.63, 3.8) is 0 Å². The Morgan fingerprint density at radius 1 is 1.12 bits per heavy atom. The highest BCUT2D eigenvalue weighted by Gasteiger charge is 2.08. The van der Waals surface area contributed by atoms with Crippen LogP contribution < -0.4 is 5.32 Å². The van der Waals surface area contributed by atoms with Crippen LogP contribution in [0.4, 0.5) is 0 Å². The molecule has 0 aliphatic carbocycles. The molecular weight excluding hydrogens is 198 g/mol. The molecule has 1 unspecified atom stereocenters. The maximum atomic E-state index is 9.32. The lowest BCUT2D eigenvalue weighted by Gasteiger charge is -2.16. The van der Waals surface area contributed by atoms with Gasteiger partial charge >= 0.3 is 0 Å². The fourth-order valence-electron chi connectivity index (χ4n) is 1.81. The van der Waals surface area contributed by atoms with Crippen molar-refractivity contribution in [2.24, 2.45) is 0 Å². The zero-order valence-electron chi connectivity index (χ0n) is 10.4. The summed E-state index contributed by atoms with van der Waals surface area (Å²) in [6, 6.07) is 8.64. The number of aryl methyl sites for hydroxylation is 1. The Kier molecular flexibility index (Phi) is 6.12. The van der Waals surface area contributed by atoms with Gasteiger partial charge in [0.25, 0.3) is 0 Å². The van der Waals surface area contributed by atoms with E-state index < -0.39 is 0 Å². The van der Waals surface area contributed by atoms with Crippen LogP contribution in [0.25, 0.3) is 0 Å². The van der Waals surface area contributed by atoms with E-state index in [0.717, 1.165) is 19.4 Å². The molecule has 0 aliphatic rings. The second-order valence-corrected chi connectivity index (χ2v) is 4.18. The molecule has 1 atom stereocenters. The molecule has 2 heteroatoms. The van der Waals surface area contributed by atoms with Gasteiger partial charge in [-0.05, 0) is 30.5 Å². The Bertz CT molecular complexity index is 281. The Hall–Kier alpha value is -0.860. The fourth-order valence-corrected chi connectivity index (χ4v) is 1.81. The number of hydrogen-bond donors (Lipinski definition) is 2. The molecule has 2 nitrogen and oxygen atoms in total. The van der Waals surface area contributed by atoms with Gasteiger partial charge in [-0.2, -0.15) is 0 Å². The molecule has 2 N–H and O–H groups in total. The minimum Gasteiger partial charge on any atom is -0.394 e. The minimum atomic E-state index is 0.0793. The highest BCUT2D eigenvalue weighted by Crippen LogP contribution is 2.14. The quantitative estimate of drug-likeness (QED) is 0.742. The molecule has 0 bridgehead atoms. The molecule has 0 aromatic heterocycles. The second kappa shape index (κ2) is 7.42. The lowest BCUT2D eigenvalue weighted by molar-refractivity contribution is 0.245. The molecule has 16 heavy (non-hydrogen) atoms. The van der Waals surface area contributed by atoms with Crippen LogP contribution >= 0.6 is 0 Å². The molecule has 1 aromatic carbocycles. The first-order chi connectivity index (χ1) is 7.81. The van der Waals surface area contributed by atoms with E-state index in [0.29, 0.717) is 0 Å². The second-order valence-electron chi connectivity index (χ2n) is 4.18. The van der Waals surface area contributed by atoms with Crippen molar-refractivity contribution in [2.75, 3.05) is 13.2 Å². The number of benzene rings is 1. The molecule has 90 valence electrons. The van der Waals surface area contributed by atoms with Gasteiger partial charge in [0, 0.05) is 0 Å². The van der Waals surface area contributed by atoms with E-state index >= 15 is 0 Å². The van der Waals surface area contributed by atoms with Crippen molar-refractivity contribution < 1.29 is 5.11 Å². The molecule has 1 aromatic rings. The number of aliphatic hydroxyl groups excluding tert-OH is 1. The molecule has 0 amide bonds. The smallest absolute Gasteiger partial charge is 0.0626 e. The summed E-state index contributed by atoms with van der Waals surface area (Å²) in [6.07, 6.45) is 3.40. The first kappa shape index (κ1) is 13.2. The summed E-state index contributed by atoms with van der Waals surface area (Å²) in [5.74, 6) is 0. The summed E-state index contributed by atoms with van der Waals surface area (Å²) < 4.78 is 0. The molecule has 0 aliphatic heterocycles. The largest absolute Gasteiger partial charge is 0.394 e. The van der Waals surface area contributed by atoms with Crippen LogP contribution in [0.2, 0.25) is 0 Å². The van der Waals surface area contributed by atoms with Crippen LogP contribution in [0.1, 0.15) is 43.9 Å². The number of aliphatic hydroxyl groups is 1. The molecule has 0 radical (unpaired) electrons. The predicted molar refractivity (Wildman–Crippen MR) is 68.6 cm³/mol. The summed E-state index contributed by atoms with van der Waals surface area (Å²) in [4.78, 5) is 0. The van der Waals surface area contributed by atoms with Crippen LogP contribution in [0.15, 0.2) is 24.3 Å². The van der Waals surface area contributed by atoms with Gasteiger partial charge in [0.15, 0.2) is 0 Å². The monoisotopic (exact) mass is 221 g/mol.